The van der Waals surface area contributed by atoms with Crippen molar-refractivity contribution in [2.75, 3.05) is 26.1 Å². The van der Waals surface area contributed by atoms with E-state index in [0.717, 1.165) is 24.3 Å². The summed E-state index contributed by atoms with van der Waals surface area (Å²) in [6, 6.07) is 1.90. The zero-order valence-electron chi connectivity index (χ0n) is 9.25. The molecule has 0 amide bonds. The van der Waals surface area contributed by atoms with Crippen LogP contribution in [-0.2, 0) is 22.5 Å². The molecule has 84 valence electrons. The second-order valence-electron chi connectivity index (χ2n) is 3.57. The lowest BCUT2D eigenvalue weighted by atomic mass is 10.1. The van der Waals surface area contributed by atoms with Gasteiger partial charge in [-0.15, -0.1) is 0 Å². The van der Waals surface area contributed by atoms with Crippen molar-refractivity contribution in [1.29, 1.82) is 0 Å². The Hall–Kier alpha value is -1.57. The minimum atomic E-state index is 0.390. The summed E-state index contributed by atoms with van der Waals surface area (Å²) in [5.74, 6) is 5.77. The SMILES string of the molecule is COCC#Cc1nc2c(cc1N)COCC2. The highest BCUT2D eigenvalue weighted by atomic mass is 16.5. The fraction of sp³-hybridized carbons (Fsp3) is 0.417. The van der Waals surface area contributed by atoms with Crippen LogP contribution in [0.25, 0.3) is 0 Å². The third-order valence-electron chi connectivity index (χ3n) is 2.38. The van der Waals surface area contributed by atoms with Crippen LogP contribution in [-0.4, -0.2) is 25.3 Å². The molecule has 0 saturated carbocycles. The van der Waals surface area contributed by atoms with Gasteiger partial charge in [-0.1, -0.05) is 5.92 Å². The summed E-state index contributed by atoms with van der Waals surface area (Å²) < 4.78 is 10.2. The van der Waals surface area contributed by atoms with Gasteiger partial charge in [0.05, 0.1) is 18.9 Å². The number of anilines is 1. The molecule has 4 heteroatoms. The van der Waals surface area contributed by atoms with Gasteiger partial charge in [0.15, 0.2) is 0 Å². The smallest absolute Gasteiger partial charge is 0.136 e. The standard InChI is InChI=1S/C12H14N2O2/c1-15-5-2-3-12-10(13)7-9-8-16-6-4-11(9)14-12/h7H,4-6,8,13H2,1H3. The molecule has 2 heterocycles. The Morgan fingerprint density at radius 3 is 3.31 bits per heavy atom. The number of nitrogens with zero attached hydrogens (tertiary/aromatic N) is 1. The number of pyridine rings is 1. The minimum Gasteiger partial charge on any atom is -0.396 e. The maximum absolute atomic E-state index is 5.87. The Balaban J connectivity index is 2.30. The number of fused-ring (bicyclic) bond motifs is 1. The van der Waals surface area contributed by atoms with Crippen molar-refractivity contribution < 1.29 is 9.47 Å². The van der Waals surface area contributed by atoms with E-state index < -0.39 is 0 Å². The van der Waals surface area contributed by atoms with Gasteiger partial charge in [-0.2, -0.15) is 0 Å². The lowest BCUT2D eigenvalue weighted by Crippen LogP contribution is -2.13. The predicted octanol–water partition coefficient (Wildman–Crippen LogP) is 0.734. The van der Waals surface area contributed by atoms with E-state index in [-0.39, 0.29) is 0 Å². The van der Waals surface area contributed by atoms with Crippen LogP contribution in [0.4, 0.5) is 5.69 Å². The van der Waals surface area contributed by atoms with Gasteiger partial charge in [0.1, 0.15) is 12.3 Å². The number of rotatable bonds is 1. The third-order valence-corrected chi connectivity index (χ3v) is 2.38. The van der Waals surface area contributed by atoms with Crippen molar-refractivity contribution in [1.82, 2.24) is 4.98 Å². The van der Waals surface area contributed by atoms with Crippen LogP contribution in [0.3, 0.4) is 0 Å². The quantitative estimate of drug-likeness (QED) is 0.706. The molecule has 0 saturated heterocycles. The Labute approximate surface area is 94.8 Å². The lowest BCUT2D eigenvalue weighted by molar-refractivity contribution is 0.109. The van der Waals surface area contributed by atoms with Gasteiger partial charge in [-0.05, 0) is 12.0 Å². The van der Waals surface area contributed by atoms with E-state index in [9.17, 15) is 0 Å². The van der Waals surface area contributed by atoms with Gasteiger partial charge in [-0.25, -0.2) is 4.98 Å². The van der Waals surface area contributed by atoms with Gasteiger partial charge < -0.3 is 15.2 Å². The Bertz CT molecular complexity index is 446. The summed E-state index contributed by atoms with van der Waals surface area (Å²) in [7, 11) is 1.61. The maximum Gasteiger partial charge on any atom is 0.136 e. The van der Waals surface area contributed by atoms with E-state index in [1.165, 1.54) is 0 Å². The molecule has 0 spiro atoms. The van der Waals surface area contributed by atoms with Gasteiger partial charge in [-0.3, -0.25) is 0 Å². The zero-order chi connectivity index (χ0) is 11.4. The zero-order valence-corrected chi connectivity index (χ0v) is 9.25. The molecule has 1 aliphatic rings. The molecule has 1 aliphatic heterocycles. The molecule has 0 atom stereocenters. The number of nitrogen functional groups attached to an aromatic ring is 1. The molecule has 1 aromatic heterocycles. The van der Waals surface area contributed by atoms with Crippen LogP contribution in [0, 0.1) is 11.8 Å². The molecular formula is C12H14N2O2. The average Bonchev–Trinajstić information content (AvgIpc) is 2.30. The molecule has 2 N–H and O–H groups in total. The van der Waals surface area contributed by atoms with Gasteiger partial charge in [0.25, 0.3) is 0 Å². The van der Waals surface area contributed by atoms with Crippen LogP contribution in [0.1, 0.15) is 17.0 Å². The summed E-state index contributed by atoms with van der Waals surface area (Å²) in [4.78, 5) is 4.45. The monoisotopic (exact) mass is 218 g/mol. The van der Waals surface area contributed by atoms with E-state index in [2.05, 4.69) is 16.8 Å². The molecule has 0 aromatic carbocycles. The number of nitrogens with two attached hydrogens (primary N) is 1. The normalized spacial score (nSPS) is 13.8. The molecule has 4 nitrogen and oxygen atoms in total. The van der Waals surface area contributed by atoms with E-state index in [0.29, 0.717) is 24.6 Å². The molecule has 0 unspecified atom stereocenters. The first-order chi connectivity index (χ1) is 7.81. The highest BCUT2D eigenvalue weighted by Crippen LogP contribution is 2.19. The first-order valence-electron chi connectivity index (χ1n) is 5.15. The van der Waals surface area contributed by atoms with Crippen molar-refractivity contribution in [2.45, 2.75) is 13.0 Å². The molecular weight excluding hydrogens is 204 g/mol. The van der Waals surface area contributed by atoms with Crippen molar-refractivity contribution in [2.24, 2.45) is 0 Å². The second kappa shape index (κ2) is 4.97. The highest BCUT2D eigenvalue weighted by molar-refractivity contribution is 5.54. The molecule has 2 rings (SSSR count). The number of methoxy groups -OCH3 is 1. The average molecular weight is 218 g/mol. The van der Waals surface area contributed by atoms with Crippen molar-refractivity contribution in [3.63, 3.8) is 0 Å². The molecule has 1 aromatic rings. The first kappa shape index (κ1) is 10.9. The van der Waals surface area contributed by atoms with Crippen LogP contribution in [0.2, 0.25) is 0 Å². The summed E-state index contributed by atoms with van der Waals surface area (Å²) in [6.07, 6.45) is 0.828. The van der Waals surface area contributed by atoms with E-state index in [4.69, 9.17) is 15.2 Å². The van der Waals surface area contributed by atoms with E-state index in [1.54, 1.807) is 7.11 Å². The number of aromatic nitrogens is 1. The summed E-state index contributed by atoms with van der Waals surface area (Å²) in [5, 5.41) is 0. The number of ether oxygens (including phenoxy) is 2. The lowest BCUT2D eigenvalue weighted by Gasteiger charge is -2.16. The van der Waals surface area contributed by atoms with Gasteiger partial charge in [0.2, 0.25) is 0 Å². The predicted molar refractivity (Wildman–Crippen MR) is 60.8 cm³/mol. The van der Waals surface area contributed by atoms with Crippen molar-refractivity contribution in [3.8, 4) is 11.8 Å². The number of hydrogen-bond acceptors (Lipinski definition) is 4. The van der Waals surface area contributed by atoms with Crippen LogP contribution >= 0.6 is 0 Å². The minimum absolute atomic E-state index is 0.390. The Kier molecular flexibility index (Phi) is 3.40. The fourth-order valence-electron chi connectivity index (χ4n) is 1.60. The highest BCUT2D eigenvalue weighted by Gasteiger charge is 2.13. The maximum atomic E-state index is 5.87. The fourth-order valence-corrected chi connectivity index (χ4v) is 1.60. The molecule has 0 aliphatic carbocycles. The van der Waals surface area contributed by atoms with Crippen LogP contribution in [0.15, 0.2) is 6.07 Å². The Morgan fingerprint density at radius 2 is 2.50 bits per heavy atom. The van der Waals surface area contributed by atoms with Gasteiger partial charge >= 0.3 is 0 Å². The summed E-state index contributed by atoms with van der Waals surface area (Å²) >= 11 is 0. The largest absolute Gasteiger partial charge is 0.396 e. The van der Waals surface area contributed by atoms with E-state index >= 15 is 0 Å². The van der Waals surface area contributed by atoms with Crippen molar-refractivity contribution in [3.05, 3.63) is 23.0 Å². The third kappa shape index (κ3) is 2.32. The van der Waals surface area contributed by atoms with Crippen LogP contribution in [0.5, 0.6) is 0 Å². The molecule has 0 bridgehead atoms. The van der Waals surface area contributed by atoms with Gasteiger partial charge in [0, 0.05) is 24.8 Å². The molecule has 0 fully saturated rings. The molecule has 16 heavy (non-hydrogen) atoms. The summed E-state index contributed by atoms with van der Waals surface area (Å²) in [6.45, 7) is 1.70. The summed E-state index contributed by atoms with van der Waals surface area (Å²) in [5.41, 5.74) is 9.22. The first-order valence-corrected chi connectivity index (χ1v) is 5.15. The van der Waals surface area contributed by atoms with E-state index in [1.807, 2.05) is 6.07 Å². The number of hydrogen-bond donors (Lipinski definition) is 1. The Morgan fingerprint density at radius 1 is 1.62 bits per heavy atom. The van der Waals surface area contributed by atoms with Crippen LogP contribution < -0.4 is 5.73 Å². The second-order valence-corrected chi connectivity index (χ2v) is 3.57. The van der Waals surface area contributed by atoms with Crippen molar-refractivity contribution >= 4 is 5.69 Å². The molecule has 0 radical (unpaired) electrons. The topological polar surface area (TPSA) is 57.4 Å².